The Labute approximate surface area is 448 Å². The highest BCUT2D eigenvalue weighted by molar-refractivity contribution is 6.29. The summed E-state index contributed by atoms with van der Waals surface area (Å²) in [6.07, 6.45) is 11.6. The number of hydrogen-bond donors (Lipinski definition) is 5. The van der Waals surface area contributed by atoms with E-state index < -0.39 is 0 Å². The topological polar surface area (TPSA) is 223 Å². The van der Waals surface area contributed by atoms with E-state index in [-0.39, 0.29) is 41.7 Å². The molecule has 19 heteroatoms. The van der Waals surface area contributed by atoms with Crippen LogP contribution in [0.15, 0.2) is 60.7 Å². The first kappa shape index (κ1) is 55.9. The average Bonchev–Trinajstić information content (AvgIpc) is 4.32. The zero-order valence-electron chi connectivity index (χ0n) is 45.1. The number of nitrogens with zero attached hydrogens (tertiary/aromatic N) is 8. The van der Waals surface area contributed by atoms with Gasteiger partial charge in [-0.05, 0) is 159 Å². The Hall–Kier alpha value is -5.37. The molecule has 6 fully saturated rings. The van der Waals surface area contributed by atoms with Crippen molar-refractivity contribution in [2.24, 2.45) is 22.3 Å². The van der Waals surface area contributed by atoms with Gasteiger partial charge in [0.2, 0.25) is 5.88 Å². The van der Waals surface area contributed by atoms with Crippen molar-refractivity contribution in [1.82, 2.24) is 19.9 Å². The molecule has 7 N–H and O–H groups in total. The van der Waals surface area contributed by atoms with E-state index >= 15 is 0 Å². The van der Waals surface area contributed by atoms with Crippen molar-refractivity contribution in [1.29, 1.82) is 0 Å². The molecular formula is C56H81ClN12O6. The van der Waals surface area contributed by atoms with Crippen molar-refractivity contribution in [3.8, 4) is 5.88 Å². The van der Waals surface area contributed by atoms with E-state index in [2.05, 4.69) is 54.0 Å². The third kappa shape index (κ3) is 16.1. The number of aliphatic hydroxyl groups is 1. The van der Waals surface area contributed by atoms with Crippen LogP contribution in [-0.4, -0.2) is 139 Å². The summed E-state index contributed by atoms with van der Waals surface area (Å²) >= 11 is 6.19. The monoisotopic (exact) mass is 1050 g/mol. The molecule has 75 heavy (non-hydrogen) atoms. The number of aliphatic hydroxyl groups excluding tert-OH is 1. The van der Waals surface area contributed by atoms with Crippen molar-refractivity contribution in [2.45, 2.75) is 129 Å². The molecule has 4 aromatic heterocycles. The van der Waals surface area contributed by atoms with Crippen LogP contribution in [0.25, 0.3) is 0 Å². The fourth-order valence-electron chi connectivity index (χ4n) is 9.98. The Morgan fingerprint density at radius 2 is 1.09 bits per heavy atom. The molecule has 2 aliphatic carbocycles. The highest BCUT2D eigenvalue weighted by atomic mass is 35.5. The first-order valence-corrected chi connectivity index (χ1v) is 27.4. The smallest absolute Gasteiger partial charge is 0.260 e. The second-order valence-corrected chi connectivity index (χ2v) is 23.4. The molecule has 0 radical (unpaired) electrons. The number of carbonyl (C=O) groups excluding carboxylic acids is 2. The molecule has 2 amide bonds. The number of pyridine rings is 4. The number of anilines is 6. The molecule has 4 saturated heterocycles. The summed E-state index contributed by atoms with van der Waals surface area (Å²) in [5.74, 6) is 4.15. The summed E-state index contributed by atoms with van der Waals surface area (Å²) in [6, 6.07) is 18.4. The van der Waals surface area contributed by atoms with Gasteiger partial charge in [0.1, 0.15) is 40.1 Å². The van der Waals surface area contributed by atoms with Crippen LogP contribution in [0.2, 0.25) is 5.15 Å². The largest absolute Gasteiger partial charge is 0.478 e. The van der Waals surface area contributed by atoms with E-state index in [1.807, 2.05) is 70.2 Å². The summed E-state index contributed by atoms with van der Waals surface area (Å²) in [7, 11) is 0. The number of nitrogens with two attached hydrogens (primary N) is 2. The predicted molar refractivity (Wildman–Crippen MR) is 298 cm³/mol. The van der Waals surface area contributed by atoms with Crippen molar-refractivity contribution in [3.05, 3.63) is 76.9 Å². The van der Waals surface area contributed by atoms with Crippen LogP contribution in [0.3, 0.4) is 0 Å². The number of nitrogens with one attached hydrogen (secondary N) is 2. The number of carbonyl (C=O) groups is 2. The molecule has 2 spiro atoms. The summed E-state index contributed by atoms with van der Waals surface area (Å²) < 4.78 is 17.2. The van der Waals surface area contributed by atoms with E-state index in [9.17, 15) is 9.59 Å². The van der Waals surface area contributed by atoms with Gasteiger partial charge >= 0.3 is 0 Å². The highest BCUT2D eigenvalue weighted by Crippen LogP contribution is 2.55. The molecular weight excluding hydrogens is 972 g/mol. The molecule has 4 aromatic rings. The Bertz CT molecular complexity index is 2550. The fourth-order valence-corrected chi connectivity index (χ4v) is 10.1. The third-order valence-electron chi connectivity index (χ3n) is 15.2. The lowest BCUT2D eigenvalue weighted by Crippen LogP contribution is -2.41. The third-order valence-corrected chi connectivity index (χ3v) is 15.4. The van der Waals surface area contributed by atoms with Gasteiger partial charge in [0.25, 0.3) is 11.8 Å². The van der Waals surface area contributed by atoms with Gasteiger partial charge in [-0.2, -0.15) is 4.98 Å². The van der Waals surface area contributed by atoms with Gasteiger partial charge in [0, 0.05) is 76.1 Å². The van der Waals surface area contributed by atoms with Crippen LogP contribution in [0.1, 0.15) is 126 Å². The minimum absolute atomic E-state index is 0.151. The predicted octanol–water partition coefficient (Wildman–Crippen LogP) is 7.93. The van der Waals surface area contributed by atoms with E-state index in [0.717, 1.165) is 89.7 Å². The van der Waals surface area contributed by atoms with Gasteiger partial charge in [-0.3, -0.25) is 9.59 Å². The Morgan fingerprint density at radius 1 is 0.640 bits per heavy atom. The zero-order chi connectivity index (χ0) is 53.4. The molecule has 18 nitrogen and oxygen atoms in total. The number of morpholine rings is 2. The molecule has 8 heterocycles. The van der Waals surface area contributed by atoms with Crippen molar-refractivity contribution in [2.75, 3.05) is 109 Å². The van der Waals surface area contributed by atoms with Gasteiger partial charge in [0.05, 0.1) is 43.2 Å². The fraction of sp³-hybridized carbons (Fsp3) is 0.607. The van der Waals surface area contributed by atoms with E-state index in [1.165, 1.54) is 25.7 Å². The van der Waals surface area contributed by atoms with Gasteiger partial charge in [-0.15, -0.1) is 0 Å². The lowest BCUT2D eigenvalue weighted by Gasteiger charge is -2.34. The first-order chi connectivity index (χ1) is 35.8. The molecule has 408 valence electrons. The summed E-state index contributed by atoms with van der Waals surface area (Å²) in [5, 5.41) is 14.7. The van der Waals surface area contributed by atoms with Gasteiger partial charge in [-0.1, -0.05) is 23.7 Å². The molecule has 2 saturated carbocycles. The molecule has 4 aliphatic heterocycles. The molecule has 0 bridgehead atoms. The molecule has 10 rings (SSSR count). The summed E-state index contributed by atoms with van der Waals surface area (Å²) in [5.41, 5.74) is 13.2. The van der Waals surface area contributed by atoms with E-state index in [4.69, 9.17) is 52.4 Å². The zero-order valence-corrected chi connectivity index (χ0v) is 45.8. The van der Waals surface area contributed by atoms with Crippen LogP contribution < -0.4 is 46.4 Å². The normalized spacial score (nSPS) is 20.8. The molecule has 0 aromatic carbocycles. The van der Waals surface area contributed by atoms with E-state index in [0.29, 0.717) is 88.9 Å². The Balaban J connectivity index is 0.000000179. The van der Waals surface area contributed by atoms with Crippen molar-refractivity contribution < 1.29 is 28.9 Å². The summed E-state index contributed by atoms with van der Waals surface area (Å²) in [4.78, 5) is 54.2. The van der Waals surface area contributed by atoms with Crippen LogP contribution in [0, 0.1) is 10.8 Å². The van der Waals surface area contributed by atoms with Gasteiger partial charge < -0.3 is 61.0 Å². The van der Waals surface area contributed by atoms with Gasteiger partial charge in [-0.25, -0.2) is 15.0 Å². The number of hydrogen-bond acceptors (Lipinski definition) is 16. The Kier molecular flexibility index (Phi) is 18.1. The highest BCUT2D eigenvalue weighted by Gasteiger charge is 2.46. The van der Waals surface area contributed by atoms with E-state index in [1.54, 1.807) is 18.2 Å². The number of aromatic nitrogens is 4. The maximum Gasteiger partial charge on any atom is 0.260 e. The molecule has 0 unspecified atom stereocenters. The Morgan fingerprint density at radius 3 is 1.51 bits per heavy atom. The maximum atomic E-state index is 13.5. The number of piperidine rings is 2. The maximum absolute atomic E-state index is 13.5. The van der Waals surface area contributed by atoms with Crippen molar-refractivity contribution in [3.63, 3.8) is 0 Å². The van der Waals surface area contributed by atoms with Crippen molar-refractivity contribution >= 4 is 58.3 Å². The van der Waals surface area contributed by atoms with Crippen LogP contribution >= 0.6 is 11.6 Å². The van der Waals surface area contributed by atoms with Crippen LogP contribution in [0.5, 0.6) is 5.88 Å². The van der Waals surface area contributed by atoms with Crippen LogP contribution in [0.4, 0.5) is 34.9 Å². The lowest BCUT2D eigenvalue weighted by atomic mass is 9.93. The number of ether oxygens (including phenoxy) is 3. The first-order valence-electron chi connectivity index (χ1n) is 27.1. The van der Waals surface area contributed by atoms with Crippen LogP contribution in [-0.2, 0) is 9.47 Å². The molecule has 6 aliphatic rings. The minimum Gasteiger partial charge on any atom is -0.478 e. The minimum atomic E-state index is -0.311. The number of rotatable bonds is 14. The average molecular weight is 1050 g/mol. The lowest BCUT2D eigenvalue weighted by molar-refractivity contribution is 0.0528. The number of halogens is 1. The van der Waals surface area contributed by atoms with Gasteiger partial charge in [0.15, 0.2) is 0 Å². The quantitative estimate of drug-likeness (QED) is 0.0757. The molecule has 2 atom stereocenters. The second-order valence-electron chi connectivity index (χ2n) is 23.0. The number of amides is 2. The second kappa shape index (κ2) is 24.3. The SMILES string of the molecule is CC(C)(N)CCO.C[C@@H]1CN(c2cccc(NC(=O)c3ccc(Cl)nc3N3CCC4(CC3)CC4)n2)CCO1.C[C@@H]1CN(c2cccc(NC(=O)c3ccc(OCCC(C)(C)N)nc3N3CCC4(CC3)CC4)n2)CCO1. The summed E-state index contributed by atoms with van der Waals surface area (Å²) in [6.45, 7) is 20.6. The standard InChI is InChI=1S/C28H40N6O3.C23H28ClN5O2.C5H13NO/c1-20-19-34(16-18-36-20)23-6-4-5-22(30-23)31-26(35)21-7-8-24(37-17-13-27(2,3)29)32-25(21)33-14-11-28(9-10-28)12-15-33;1-16-15-29(13-14-31-16)20-4-2-3-19(26-20)27-22(30)17-5-6-18(24)25-21(17)28-11-9-23(7-8-23)10-12-28;1-5(2,6)3-4-7/h4-8,20H,9-19,29H2,1-3H3,(H,30,31,35);2-6,16H,7-15H2,1H3,(H,26,27,30);7H,3-4,6H2,1-2H3/t20-;16-;/m11./s1.